The minimum Gasteiger partial charge on any atom is -0.345 e. The summed E-state index contributed by atoms with van der Waals surface area (Å²) in [7, 11) is -3.35. The number of benzene rings is 2. The summed E-state index contributed by atoms with van der Waals surface area (Å²) in [6.45, 7) is 0. The van der Waals surface area contributed by atoms with Crippen LogP contribution in [0.2, 0.25) is 0 Å². The Morgan fingerprint density at radius 2 is 1.88 bits per heavy atom. The van der Waals surface area contributed by atoms with Crippen LogP contribution in [0.5, 0.6) is 0 Å². The first-order valence-corrected chi connectivity index (χ1v) is 9.38. The van der Waals surface area contributed by atoms with Gasteiger partial charge in [-0.1, -0.05) is 6.07 Å². The molecule has 24 heavy (non-hydrogen) atoms. The summed E-state index contributed by atoms with van der Waals surface area (Å²) < 4.78 is 37.9. The van der Waals surface area contributed by atoms with Gasteiger partial charge in [0.15, 0.2) is 0 Å². The van der Waals surface area contributed by atoms with E-state index in [0.29, 0.717) is 11.3 Å². The molecule has 0 spiro atoms. The molecule has 126 valence electrons. The zero-order valence-electron chi connectivity index (χ0n) is 13.0. The van der Waals surface area contributed by atoms with Crippen molar-refractivity contribution in [2.75, 3.05) is 11.0 Å². The molecule has 0 aliphatic heterocycles. The molecule has 0 radical (unpaired) electrons. The second-order valence-corrected chi connectivity index (χ2v) is 7.61. The Hall–Kier alpha value is -2.41. The Labute approximate surface area is 139 Å². The van der Waals surface area contributed by atoms with E-state index in [1.807, 2.05) is 0 Å². The van der Waals surface area contributed by atoms with E-state index in [4.69, 9.17) is 0 Å². The Kier molecular flexibility index (Phi) is 4.28. The van der Waals surface area contributed by atoms with E-state index in [1.165, 1.54) is 24.3 Å². The third-order valence-corrected chi connectivity index (χ3v) is 4.54. The Morgan fingerprint density at radius 3 is 2.54 bits per heavy atom. The van der Waals surface area contributed by atoms with Gasteiger partial charge in [-0.25, -0.2) is 12.8 Å². The molecule has 2 N–H and O–H groups in total. The highest BCUT2D eigenvalue weighted by molar-refractivity contribution is 7.92. The zero-order valence-corrected chi connectivity index (χ0v) is 13.9. The van der Waals surface area contributed by atoms with Crippen LogP contribution in [-0.4, -0.2) is 20.6 Å². The summed E-state index contributed by atoms with van der Waals surface area (Å²) in [5.41, 5.74) is 2.70. The quantitative estimate of drug-likeness (QED) is 0.892. The highest BCUT2D eigenvalue weighted by Gasteiger charge is 2.24. The maximum atomic E-state index is 13.2. The third kappa shape index (κ3) is 3.73. The van der Waals surface area contributed by atoms with Gasteiger partial charge in [0.2, 0.25) is 10.0 Å². The number of carbonyl (C=O) groups is 1. The number of nitrogens with one attached hydrogen (secondary N) is 2. The van der Waals surface area contributed by atoms with Crippen molar-refractivity contribution in [3.63, 3.8) is 0 Å². The first-order valence-electron chi connectivity index (χ1n) is 7.49. The van der Waals surface area contributed by atoms with Gasteiger partial charge in [-0.3, -0.25) is 9.52 Å². The van der Waals surface area contributed by atoms with Gasteiger partial charge < -0.3 is 5.32 Å². The van der Waals surface area contributed by atoms with Gasteiger partial charge in [-0.05, 0) is 60.4 Å². The van der Waals surface area contributed by atoms with Crippen molar-refractivity contribution in [3.8, 4) is 0 Å². The molecular formula is C17H17FN2O3S. The van der Waals surface area contributed by atoms with E-state index < -0.39 is 10.0 Å². The maximum absolute atomic E-state index is 13.2. The van der Waals surface area contributed by atoms with E-state index in [0.717, 1.165) is 30.2 Å². The molecule has 0 fully saturated rings. The smallest absolute Gasteiger partial charge is 0.251 e. The molecule has 0 aromatic heterocycles. The van der Waals surface area contributed by atoms with Crippen molar-refractivity contribution in [1.29, 1.82) is 0 Å². The fourth-order valence-electron chi connectivity index (χ4n) is 2.88. The molecule has 5 nitrogen and oxygen atoms in total. The summed E-state index contributed by atoms with van der Waals surface area (Å²) in [4.78, 5) is 12.4. The van der Waals surface area contributed by atoms with Crippen LogP contribution in [-0.2, 0) is 16.4 Å². The first kappa shape index (κ1) is 16.4. The molecule has 0 heterocycles. The molecule has 7 heteroatoms. The lowest BCUT2D eigenvalue weighted by Gasteiger charge is -2.14. The average Bonchev–Trinajstić information content (AvgIpc) is 2.88. The van der Waals surface area contributed by atoms with Crippen molar-refractivity contribution in [1.82, 2.24) is 5.32 Å². The molecule has 2 aromatic rings. The second-order valence-electron chi connectivity index (χ2n) is 5.86. The van der Waals surface area contributed by atoms with Crippen LogP contribution >= 0.6 is 0 Å². The molecule has 2 aromatic carbocycles. The van der Waals surface area contributed by atoms with Gasteiger partial charge in [0.1, 0.15) is 5.82 Å². The van der Waals surface area contributed by atoms with Crippen LogP contribution in [0.4, 0.5) is 10.1 Å². The van der Waals surface area contributed by atoms with E-state index in [2.05, 4.69) is 10.0 Å². The van der Waals surface area contributed by atoms with Crippen LogP contribution in [0.3, 0.4) is 0 Å². The molecule has 0 unspecified atom stereocenters. The third-order valence-electron chi connectivity index (χ3n) is 3.94. The fraction of sp³-hybridized carbons (Fsp3) is 0.235. The molecular weight excluding hydrogens is 331 g/mol. The summed E-state index contributed by atoms with van der Waals surface area (Å²) >= 11 is 0. The largest absolute Gasteiger partial charge is 0.345 e. The number of hydrogen-bond acceptors (Lipinski definition) is 3. The number of carbonyl (C=O) groups excluding carboxylic acids is 1. The van der Waals surface area contributed by atoms with Crippen molar-refractivity contribution in [3.05, 3.63) is 65.0 Å². The Morgan fingerprint density at radius 1 is 1.17 bits per heavy atom. The van der Waals surface area contributed by atoms with Crippen molar-refractivity contribution >= 4 is 21.6 Å². The molecule has 1 aliphatic carbocycles. The Balaban J connectivity index is 1.70. The molecule has 3 rings (SSSR count). The molecule has 1 atom stereocenters. The lowest BCUT2D eigenvalue weighted by atomic mass is 10.1. The Bertz CT molecular complexity index is 879. The summed E-state index contributed by atoms with van der Waals surface area (Å²) in [6.07, 6.45) is 2.53. The van der Waals surface area contributed by atoms with Gasteiger partial charge in [-0.2, -0.15) is 0 Å². The lowest BCUT2D eigenvalue weighted by molar-refractivity contribution is 0.0936. The van der Waals surface area contributed by atoms with Gasteiger partial charge in [0, 0.05) is 11.3 Å². The maximum Gasteiger partial charge on any atom is 0.251 e. The van der Waals surface area contributed by atoms with Crippen LogP contribution < -0.4 is 10.0 Å². The van der Waals surface area contributed by atoms with E-state index in [-0.39, 0.29) is 17.8 Å². The SMILES string of the molecule is CS(=O)(=O)Nc1ccc(C(=O)N[C@H]2CCc3cc(F)ccc32)cc1. The highest BCUT2D eigenvalue weighted by atomic mass is 32.2. The average molecular weight is 348 g/mol. The van der Waals surface area contributed by atoms with E-state index in [1.54, 1.807) is 18.2 Å². The van der Waals surface area contributed by atoms with Crippen LogP contribution in [0, 0.1) is 5.82 Å². The number of anilines is 1. The standard InChI is InChI=1S/C17H17FN2O3S/c1-24(22,23)20-14-6-2-11(3-7-14)17(21)19-16-9-4-12-10-13(18)5-8-15(12)16/h2-3,5-8,10,16,20H,4,9H2,1H3,(H,19,21)/t16-/m0/s1. The zero-order chi connectivity index (χ0) is 17.3. The fourth-order valence-corrected chi connectivity index (χ4v) is 3.45. The van der Waals surface area contributed by atoms with Crippen molar-refractivity contribution in [2.45, 2.75) is 18.9 Å². The molecule has 0 saturated carbocycles. The summed E-state index contributed by atoms with van der Waals surface area (Å²) in [5, 5.41) is 2.94. The van der Waals surface area contributed by atoms with Gasteiger partial charge in [0.05, 0.1) is 12.3 Å². The topological polar surface area (TPSA) is 75.3 Å². The van der Waals surface area contributed by atoms with Crippen LogP contribution in [0.15, 0.2) is 42.5 Å². The predicted octanol–water partition coefficient (Wildman–Crippen LogP) is 2.61. The summed E-state index contributed by atoms with van der Waals surface area (Å²) in [6, 6.07) is 10.7. The molecule has 1 aliphatic rings. The minimum atomic E-state index is -3.35. The predicted molar refractivity (Wildman–Crippen MR) is 89.8 cm³/mol. The molecule has 1 amide bonds. The summed E-state index contributed by atoms with van der Waals surface area (Å²) in [5.74, 6) is -0.516. The number of aryl methyl sites for hydroxylation is 1. The minimum absolute atomic E-state index is 0.137. The second kappa shape index (κ2) is 6.24. The number of halogens is 1. The van der Waals surface area contributed by atoms with Crippen LogP contribution in [0.1, 0.15) is 33.9 Å². The first-order chi connectivity index (χ1) is 11.3. The van der Waals surface area contributed by atoms with E-state index >= 15 is 0 Å². The molecule has 0 bridgehead atoms. The van der Waals surface area contributed by atoms with E-state index in [9.17, 15) is 17.6 Å². The lowest BCUT2D eigenvalue weighted by Crippen LogP contribution is -2.27. The number of sulfonamides is 1. The van der Waals surface area contributed by atoms with Crippen molar-refractivity contribution in [2.24, 2.45) is 0 Å². The number of amides is 1. The number of fused-ring (bicyclic) bond motifs is 1. The highest BCUT2D eigenvalue weighted by Crippen LogP contribution is 2.31. The normalized spacial score (nSPS) is 16.5. The molecule has 0 saturated heterocycles. The van der Waals surface area contributed by atoms with Gasteiger partial charge in [-0.15, -0.1) is 0 Å². The monoisotopic (exact) mass is 348 g/mol. The van der Waals surface area contributed by atoms with Gasteiger partial charge in [0.25, 0.3) is 5.91 Å². The number of hydrogen-bond donors (Lipinski definition) is 2. The number of rotatable bonds is 4. The van der Waals surface area contributed by atoms with Crippen molar-refractivity contribution < 1.29 is 17.6 Å². The van der Waals surface area contributed by atoms with Crippen LogP contribution in [0.25, 0.3) is 0 Å². The van der Waals surface area contributed by atoms with Gasteiger partial charge >= 0.3 is 0 Å².